The summed E-state index contributed by atoms with van der Waals surface area (Å²) in [6.45, 7) is 4.98. The third-order valence-corrected chi connectivity index (χ3v) is 6.22. The smallest absolute Gasteiger partial charge is 0.223 e. The van der Waals surface area contributed by atoms with Crippen LogP contribution in [0.1, 0.15) is 43.7 Å². The molecule has 5 nitrogen and oxygen atoms in total. The molecule has 1 atom stereocenters. The fourth-order valence-electron chi connectivity index (χ4n) is 4.29. The van der Waals surface area contributed by atoms with Gasteiger partial charge in [-0.2, -0.15) is 0 Å². The lowest BCUT2D eigenvalue weighted by atomic mass is 9.88. The molecule has 2 aliphatic rings. The molecule has 1 aliphatic carbocycles. The highest BCUT2D eigenvalue weighted by atomic mass is 16.1. The molecule has 0 bridgehead atoms. The van der Waals surface area contributed by atoms with Gasteiger partial charge in [-0.15, -0.1) is 0 Å². The molecule has 27 heavy (non-hydrogen) atoms. The Hall–Kier alpha value is -1.59. The molecule has 0 spiro atoms. The van der Waals surface area contributed by atoms with Gasteiger partial charge < -0.3 is 15.1 Å². The number of rotatable bonds is 6. The van der Waals surface area contributed by atoms with Crippen LogP contribution in [0, 0.1) is 5.92 Å². The number of anilines is 1. The van der Waals surface area contributed by atoms with Gasteiger partial charge >= 0.3 is 0 Å². The first kappa shape index (κ1) is 20.2. The third kappa shape index (κ3) is 5.45. The molecule has 1 saturated carbocycles. The van der Waals surface area contributed by atoms with E-state index in [4.69, 9.17) is 0 Å². The van der Waals surface area contributed by atoms with Crippen LogP contribution in [0.5, 0.6) is 0 Å². The monoisotopic (exact) mass is 372 g/mol. The molecule has 1 saturated heterocycles. The maximum absolute atomic E-state index is 12.7. The molecule has 1 aliphatic heterocycles. The van der Waals surface area contributed by atoms with Gasteiger partial charge in [-0.05, 0) is 37.6 Å². The number of nitrogens with one attached hydrogen (secondary N) is 1. The summed E-state index contributed by atoms with van der Waals surface area (Å²) in [5.41, 5.74) is 2.51. The second-order valence-electron chi connectivity index (χ2n) is 8.42. The van der Waals surface area contributed by atoms with Crippen LogP contribution in [0.2, 0.25) is 0 Å². The van der Waals surface area contributed by atoms with Crippen LogP contribution >= 0.6 is 0 Å². The summed E-state index contributed by atoms with van der Waals surface area (Å²) < 4.78 is 0. The van der Waals surface area contributed by atoms with E-state index in [0.29, 0.717) is 6.54 Å². The highest BCUT2D eigenvalue weighted by Gasteiger charge is 2.26. The Morgan fingerprint density at radius 1 is 1.07 bits per heavy atom. The average molecular weight is 373 g/mol. The van der Waals surface area contributed by atoms with Crippen LogP contribution in [0.3, 0.4) is 0 Å². The lowest BCUT2D eigenvalue weighted by molar-refractivity contribution is -0.126. The molecule has 0 radical (unpaired) electrons. The van der Waals surface area contributed by atoms with Gasteiger partial charge in [0.05, 0.1) is 6.04 Å². The van der Waals surface area contributed by atoms with Gasteiger partial charge in [0.25, 0.3) is 0 Å². The minimum Gasteiger partial charge on any atom is -0.378 e. The molecule has 3 rings (SSSR count). The summed E-state index contributed by atoms with van der Waals surface area (Å²) in [6, 6.07) is 9.07. The van der Waals surface area contributed by atoms with E-state index in [2.05, 4.69) is 65.4 Å². The zero-order valence-electron chi connectivity index (χ0n) is 17.3. The van der Waals surface area contributed by atoms with Crippen LogP contribution in [0.25, 0.3) is 0 Å². The van der Waals surface area contributed by atoms with Crippen molar-refractivity contribution in [2.45, 2.75) is 38.1 Å². The van der Waals surface area contributed by atoms with Gasteiger partial charge in [-0.25, -0.2) is 0 Å². The Balaban J connectivity index is 1.68. The van der Waals surface area contributed by atoms with Crippen molar-refractivity contribution in [1.29, 1.82) is 0 Å². The largest absolute Gasteiger partial charge is 0.378 e. The topological polar surface area (TPSA) is 38.8 Å². The summed E-state index contributed by atoms with van der Waals surface area (Å²) in [5, 5.41) is 3.29. The lowest BCUT2D eigenvalue weighted by Crippen LogP contribution is -2.49. The number of hydrogen-bond acceptors (Lipinski definition) is 4. The number of hydrogen-bond donors (Lipinski definition) is 1. The van der Waals surface area contributed by atoms with E-state index in [9.17, 15) is 4.79 Å². The SMILES string of the molecule is CN1CCN([C@@H](CNC(=O)C2CCCCC2)c2ccc(N(C)C)cc2)CC1. The Labute approximate surface area is 164 Å². The highest BCUT2D eigenvalue weighted by molar-refractivity contribution is 5.78. The third-order valence-electron chi connectivity index (χ3n) is 6.22. The second kappa shape index (κ2) is 9.56. The molecule has 150 valence electrons. The van der Waals surface area contributed by atoms with Crippen molar-refractivity contribution in [3.63, 3.8) is 0 Å². The number of likely N-dealkylation sites (N-methyl/N-ethyl adjacent to an activating group) is 1. The quantitative estimate of drug-likeness (QED) is 0.833. The van der Waals surface area contributed by atoms with Crippen molar-refractivity contribution in [1.82, 2.24) is 15.1 Å². The molecular formula is C22H36N4O. The molecular weight excluding hydrogens is 336 g/mol. The Morgan fingerprint density at radius 3 is 2.30 bits per heavy atom. The fraction of sp³-hybridized carbons (Fsp3) is 0.682. The first-order valence-corrected chi connectivity index (χ1v) is 10.5. The van der Waals surface area contributed by atoms with Crippen molar-refractivity contribution in [2.75, 3.05) is 58.8 Å². The summed E-state index contributed by atoms with van der Waals surface area (Å²) in [7, 11) is 6.32. The Kier molecular flexibility index (Phi) is 7.13. The minimum absolute atomic E-state index is 0.225. The maximum atomic E-state index is 12.7. The number of nitrogens with zero attached hydrogens (tertiary/aromatic N) is 3. The van der Waals surface area contributed by atoms with Crippen molar-refractivity contribution < 1.29 is 4.79 Å². The summed E-state index contributed by atoms with van der Waals surface area (Å²) in [5.74, 6) is 0.488. The molecule has 1 aromatic rings. The van der Waals surface area contributed by atoms with E-state index in [1.54, 1.807) is 0 Å². The Morgan fingerprint density at radius 2 is 1.70 bits per heavy atom. The van der Waals surface area contributed by atoms with Crippen LogP contribution in [0.4, 0.5) is 5.69 Å². The Bertz CT molecular complexity index is 587. The van der Waals surface area contributed by atoms with Crippen molar-refractivity contribution in [3.8, 4) is 0 Å². The van der Waals surface area contributed by atoms with Crippen LogP contribution < -0.4 is 10.2 Å². The molecule has 5 heteroatoms. The maximum Gasteiger partial charge on any atom is 0.223 e. The van der Waals surface area contributed by atoms with Gasteiger partial charge in [0, 0.05) is 58.4 Å². The normalized spacial score (nSPS) is 21.0. The van der Waals surface area contributed by atoms with E-state index < -0.39 is 0 Å². The molecule has 1 heterocycles. The number of carbonyl (C=O) groups excluding carboxylic acids is 1. The standard InChI is InChI=1S/C22H36N4O/c1-24(2)20-11-9-18(10-12-20)21(26-15-13-25(3)14-16-26)17-23-22(27)19-7-5-4-6-8-19/h9-12,19,21H,4-8,13-17H2,1-3H3,(H,23,27)/t21-/m0/s1. The zero-order valence-corrected chi connectivity index (χ0v) is 17.3. The second-order valence-corrected chi connectivity index (χ2v) is 8.42. The van der Waals surface area contributed by atoms with Crippen LogP contribution in [-0.2, 0) is 4.79 Å². The van der Waals surface area contributed by atoms with E-state index in [0.717, 1.165) is 39.0 Å². The van der Waals surface area contributed by atoms with Crippen molar-refractivity contribution >= 4 is 11.6 Å². The molecule has 1 amide bonds. The zero-order chi connectivity index (χ0) is 19.2. The molecule has 0 unspecified atom stereocenters. The predicted molar refractivity (Wildman–Crippen MR) is 112 cm³/mol. The van der Waals surface area contributed by atoms with Crippen LogP contribution in [-0.4, -0.2) is 69.6 Å². The van der Waals surface area contributed by atoms with E-state index >= 15 is 0 Å². The molecule has 2 fully saturated rings. The van der Waals surface area contributed by atoms with Gasteiger partial charge in [0.1, 0.15) is 0 Å². The van der Waals surface area contributed by atoms with Gasteiger partial charge in [-0.3, -0.25) is 9.69 Å². The summed E-state index contributed by atoms with van der Waals surface area (Å²) >= 11 is 0. The molecule has 1 N–H and O–H groups in total. The predicted octanol–water partition coefficient (Wildman–Crippen LogP) is 2.74. The van der Waals surface area contributed by atoms with Gasteiger partial charge in [-0.1, -0.05) is 31.4 Å². The van der Waals surface area contributed by atoms with Gasteiger partial charge in [0.15, 0.2) is 0 Å². The number of carbonyl (C=O) groups is 1. The first-order chi connectivity index (χ1) is 13.0. The molecule has 1 aromatic carbocycles. The van der Waals surface area contributed by atoms with E-state index in [-0.39, 0.29) is 17.9 Å². The summed E-state index contributed by atoms with van der Waals surface area (Å²) in [4.78, 5) is 19.7. The lowest BCUT2D eigenvalue weighted by Gasteiger charge is -2.38. The van der Waals surface area contributed by atoms with E-state index in [1.807, 2.05) is 0 Å². The highest BCUT2D eigenvalue weighted by Crippen LogP contribution is 2.26. The number of amides is 1. The fourth-order valence-corrected chi connectivity index (χ4v) is 4.29. The number of benzene rings is 1. The molecule has 0 aromatic heterocycles. The van der Waals surface area contributed by atoms with E-state index in [1.165, 1.54) is 30.5 Å². The van der Waals surface area contributed by atoms with Gasteiger partial charge in [0.2, 0.25) is 5.91 Å². The first-order valence-electron chi connectivity index (χ1n) is 10.5. The number of piperazine rings is 1. The average Bonchev–Trinajstić information content (AvgIpc) is 2.70. The minimum atomic E-state index is 0.225. The van der Waals surface area contributed by atoms with Crippen molar-refractivity contribution in [3.05, 3.63) is 29.8 Å². The van der Waals surface area contributed by atoms with Crippen LogP contribution in [0.15, 0.2) is 24.3 Å². The summed E-state index contributed by atoms with van der Waals surface area (Å²) in [6.07, 6.45) is 5.80. The van der Waals surface area contributed by atoms with Crippen molar-refractivity contribution in [2.24, 2.45) is 5.92 Å².